The van der Waals surface area contributed by atoms with Crippen molar-refractivity contribution in [1.29, 1.82) is 0 Å². The Bertz CT molecular complexity index is 471. The molecule has 0 radical (unpaired) electrons. The van der Waals surface area contributed by atoms with Crippen molar-refractivity contribution in [2.24, 2.45) is 0 Å². The molecule has 0 aromatic heterocycles. The Labute approximate surface area is 142 Å². The van der Waals surface area contributed by atoms with E-state index in [-0.39, 0.29) is 10.3 Å². The van der Waals surface area contributed by atoms with Gasteiger partial charge < -0.3 is 14.4 Å². The minimum Gasteiger partial charge on any atom is -0.598 e. The number of ether oxygens (including phenoxy) is 1. The molecule has 1 aliphatic carbocycles. The average Bonchev–Trinajstić information content (AvgIpc) is 2.47. The lowest BCUT2D eigenvalue weighted by molar-refractivity contribution is -0.116. The van der Waals surface area contributed by atoms with Crippen LogP contribution in [-0.2, 0) is 22.7 Å². The zero-order chi connectivity index (χ0) is 16.9. The minimum atomic E-state index is -1.08. The maximum atomic E-state index is 12.3. The maximum Gasteiger partial charge on any atom is 0.155 e. The van der Waals surface area contributed by atoms with E-state index in [0.29, 0.717) is 13.0 Å². The molecule has 23 heavy (non-hydrogen) atoms. The largest absolute Gasteiger partial charge is 0.598 e. The Morgan fingerprint density at radius 2 is 1.96 bits per heavy atom. The molecule has 1 aliphatic rings. The Morgan fingerprint density at radius 3 is 2.48 bits per heavy atom. The average molecular weight is 340 g/mol. The van der Waals surface area contributed by atoms with E-state index in [1.54, 1.807) is 0 Å². The molecule has 130 valence electrons. The fraction of sp³-hybridized carbons (Fsp3) is 0.667. The zero-order valence-electron chi connectivity index (χ0n) is 14.4. The third-order valence-corrected chi connectivity index (χ3v) is 6.06. The SMILES string of the molecule is CC(C)(C)[S+]([O-])NC1(CC[C@@H](O)OCc2ccccc2)CCC1. The van der Waals surface area contributed by atoms with E-state index >= 15 is 0 Å². The van der Waals surface area contributed by atoms with Crippen LogP contribution in [0, 0.1) is 0 Å². The van der Waals surface area contributed by atoms with Crippen molar-refractivity contribution in [2.45, 2.75) is 76.1 Å². The van der Waals surface area contributed by atoms with Crippen LogP contribution in [0.1, 0.15) is 58.4 Å². The summed E-state index contributed by atoms with van der Waals surface area (Å²) in [7, 11) is 0. The standard InChI is InChI=1S/C18H29NO3S/c1-17(2,3)23(21)19-18(11-7-12-18)13-10-16(20)22-14-15-8-5-4-6-9-15/h4-6,8-9,16,19-20H,7,10-14H2,1-3H3/t16-,23?/m0/s1. The molecule has 0 bridgehead atoms. The van der Waals surface area contributed by atoms with Gasteiger partial charge in [0.2, 0.25) is 0 Å². The van der Waals surface area contributed by atoms with Crippen molar-refractivity contribution in [3.8, 4) is 0 Å². The molecule has 1 aromatic rings. The van der Waals surface area contributed by atoms with Crippen molar-refractivity contribution in [3.05, 3.63) is 35.9 Å². The molecule has 0 aliphatic heterocycles. The lowest BCUT2D eigenvalue weighted by Gasteiger charge is -2.44. The second kappa shape index (κ2) is 7.99. The van der Waals surface area contributed by atoms with Gasteiger partial charge in [-0.15, -0.1) is 4.72 Å². The van der Waals surface area contributed by atoms with Crippen LogP contribution in [0.15, 0.2) is 30.3 Å². The summed E-state index contributed by atoms with van der Waals surface area (Å²) in [6.45, 7) is 6.33. The second-order valence-corrected chi connectivity index (χ2v) is 9.37. The van der Waals surface area contributed by atoms with Crippen LogP contribution in [0.5, 0.6) is 0 Å². The topological polar surface area (TPSA) is 64.5 Å². The van der Waals surface area contributed by atoms with Gasteiger partial charge in [0.1, 0.15) is 4.75 Å². The van der Waals surface area contributed by atoms with Gasteiger partial charge in [-0.1, -0.05) is 30.3 Å². The normalized spacial score (nSPS) is 19.9. The number of aliphatic hydroxyl groups is 1. The summed E-state index contributed by atoms with van der Waals surface area (Å²) < 4.78 is 20.9. The summed E-state index contributed by atoms with van der Waals surface area (Å²) in [5.41, 5.74) is 0.951. The Morgan fingerprint density at radius 1 is 1.30 bits per heavy atom. The Hall–Kier alpha value is -0.590. The highest BCUT2D eigenvalue weighted by atomic mass is 32.2. The highest BCUT2D eigenvalue weighted by Crippen LogP contribution is 2.38. The molecule has 1 saturated carbocycles. The summed E-state index contributed by atoms with van der Waals surface area (Å²) >= 11 is -1.08. The summed E-state index contributed by atoms with van der Waals surface area (Å²) in [5.74, 6) is 0. The molecule has 2 rings (SSSR count). The van der Waals surface area contributed by atoms with E-state index in [1.165, 1.54) is 0 Å². The number of hydrogen-bond acceptors (Lipinski definition) is 4. The number of hydrogen-bond donors (Lipinski definition) is 2. The van der Waals surface area contributed by atoms with Gasteiger partial charge >= 0.3 is 0 Å². The molecule has 0 saturated heterocycles. The van der Waals surface area contributed by atoms with Crippen LogP contribution < -0.4 is 4.72 Å². The smallest absolute Gasteiger partial charge is 0.155 e. The first-order valence-corrected chi connectivity index (χ1v) is 9.49. The molecule has 2 atom stereocenters. The molecule has 5 heteroatoms. The summed E-state index contributed by atoms with van der Waals surface area (Å²) in [6.07, 6.45) is 3.74. The van der Waals surface area contributed by atoms with E-state index in [1.807, 2.05) is 51.1 Å². The van der Waals surface area contributed by atoms with Crippen LogP contribution >= 0.6 is 0 Å². The molecule has 1 unspecified atom stereocenters. The van der Waals surface area contributed by atoms with Gasteiger partial charge in [-0.2, -0.15) is 0 Å². The van der Waals surface area contributed by atoms with Gasteiger partial charge in [-0.3, -0.25) is 0 Å². The Kier molecular flexibility index (Phi) is 6.51. The van der Waals surface area contributed by atoms with Crippen LogP contribution in [0.2, 0.25) is 0 Å². The van der Waals surface area contributed by atoms with Crippen LogP contribution in [0.4, 0.5) is 0 Å². The van der Waals surface area contributed by atoms with Crippen molar-refractivity contribution >= 4 is 11.4 Å². The van der Waals surface area contributed by atoms with Gasteiger partial charge in [0.05, 0.1) is 12.1 Å². The third-order valence-electron chi connectivity index (χ3n) is 4.33. The van der Waals surface area contributed by atoms with Crippen molar-refractivity contribution < 1.29 is 14.4 Å². The summed E-state index contributed by atoms with van der Waals surface area (Å²) in [6, 6.07) is 9.84. The van der Waals surface area contributed by atoms with Crippen molar-refractivity contribution in [2.75, 3.05) is 0 Å². The fourth-order valence-electron chi connectivity index (χ4n) is 2.61. The van der Waals surface area contributed by atoms with Crippen LogP contribution in [0.3, 0.4) is 0 Å². The minimum absolute atomic E-state index is 0.102. The number of aliphatic hydroxyl groups excluding tert-OH is 1. The number of benzene rings is 1. The quantitative estimate of drug-likeness (QED) is 0.563. The molecule has 2 N–H and O–H groups in total. The molecule has 0 spiro atoms. The Balaban J connectivity index is 1.76. The van der Waals surface area contributed by atoms with E-state index in [9.17, 15) is 9.66 Å². The van der Waals surface area contributed by atoms with Crippen LogP contribution in [0.25, 0.3) is 0 Å². The van der Waals surface area contributed by atoms with Gasteiger partial charge in [-0.25, -0.2) is 0 Å². The maximum absolute atomic E-state index is 12.3. The highest BCUT2D eigenvalue weighted by Gasteiger charge is 2.43. The molecule has 1 fully saturated rings. The molecule has 0 amide bonds. The van der Waals surface area contributed by atoms with E-state index in [2.05, 4.69) is 4.72 Å². The molecular formula is C18H29NO3S. The number of rotatable bonds is 8. The fourth-order valence-corrected chi connectivity index (χ4v) is 3.61. The van der Waals surface area contributed by atoms with E-state index < -0.39 is 17.7 Å². The third kappa shape index (κ3) is 5.76. The van der Waals surface area contributed by atoms with E-state index in [4.69, 9.17) is 4.74 Å². The predicted octanol–water partition coefficient (Wildman–Crippen LogP) is 3.28. The molecule has 4 nitrogen and oxygen atoms in total. The lowest BCUT2D eigenvalue weighted by atomic mass is 9.74. The number of nitrogens with one attached hydrogen (secondary N) is 1. The van der Waals surface area contributed by atoms with Gasteiger partial charge in [0.15, 0.2) is 6.29 Å². The monoisotopic (exact) mass is 339 g/mol. The van der Waals surface area contributed by atoms with Crippen molar-refractivity contribution in [1.82, 2.24) is 4.72 Å². The first-order valence-electron chi connectivity index (χ1n) is 8.34. The van der Waals surface area contributed by atoms with Gasteiger partial charge in [0.25, 0.3) is 0 Å². The lowest BCUT2D eigenvalue weighted by Crippen LogP contribution is -2.57. The van der Waals surface area contributed by atoms with Gasteiger partial charge in [0, 0.05) is 17.8 Å². The second-order valence-electron chi connectivity index (χ2n) is 7.41. The summed E-state index contributed by atoms with van der Waals surface area (Å²) in [5, 5.41) is 10.1. The summed E-state index contributed by atoms with van der Waals surface area (Å²) in [4.78, 5) is 0. The zero-order valence-corrected chi connectivity index (χ0v) is 15.2. The van der Waals surface area contributed by atoms with Gasteiger partial charge in [-0.05, 0) is 52.0 Å². The first-order chi connectivity index (χ1) is 10.8. The van der Waals surface area contributed by atoms with Crippen LogP contribution in [-0.4, -0.2) is 26.2 Å². The van der Waals surface area contributed by atoms with E-state index in [0.717, 1.165) is 31.2 Å². The highest BCUT2D eigenvalue weighted by molar-refractivity contribution is 7.90. The molecule has 1 aromatic carbocycles. The molecule has 0 heterocycles. The van der Waals surface area contributed by atoms with Crippen molar-refractivity contribution in [3.63, 3.8) is 0 Å². The first kappa shape index (κ1) is 18.7. The molecular weight excluding hydrogens is 310 g/mol. The predicted molar refractivity (Wildman–Crippen MR) is 94.1 cm³/mol.